The number of nitrogens with zero attached hydrogens (tertiary/aromatic N) is 1. The van der Waals surface area contributed by atoms with Crippen LogP contribution in [0, 0.1) is 5.41 Å². The molecule has 1 aliphatic heterocycles. The van der Waals surface area contributed by atoms with Gasteiger partial charge in [0.05, 0.1) is 18.9 Å². The highest BCUT2D eigenvalue weighted by Crippen LogP contribution is 2.35. The van der Waals surface area contributed by atoms with Crippen molar-refractivity contribution in [3.05, 3.63) is 65.7 Å². The summed E-state index contributed by atoms with van der Waals surface area (Å²) in [5.41, 5.74) is 1.16. The highest BCUT2D eigenvalue weighted by molar-refractivity contribution is 5.80. The van der Waals surface area contributed by atoms with Crippen LogP contribution < -0.4 is 4.74 Å². The fraction of sp³-hybridized carbons (Fsp3) is 0.364. The molecule has 0 saturated carbocycles. The molecule has 0 spiro atoms. The smallest absolute Gasteiger partial charge is 0.310 e. The van der Waals surface area contributed by atoms with E-state index < -0.39 is 11.4 Å². The lowest BCUT2D eigenvalue weighted by atomic mass is 9.73. The quantitative estimate of drug-likeness (QED) is 0.852. The number of ether oxygens (including phenoxy) is 1. The number of carboxylic acids is 1. The van der Waals surface area contributed by atoms with Crippen molar-refractivity contribution in [1.29, 1.82) is 0 Å². The summed E-state index contributed by atoms with van der Waals surface area (Å²) in [6.45, 7) is 0.961. The van der Waals surface area contributed by atoms with Gasteiger partial charge in [0.2, 0.25) is 5.91 Å². The lowest BCUT2D eigenvalue weighted by Crippen LogP contribution is -2.48. The number of amides is 1. The normalized spacial score (nSPS) is 16.0. The minimum atomic E-state index is -0.793. The molecule has 2 aromatic rings. The summed E-state index contributed by atoms with van der Waals surface area (Å²) in [7, 11) is 1.61. The van der Waals surface area contributed by atoms with Crippen molar-refractivity contribution in [1.82, 2.24) is 4.90 Å². The molecule has 142 valence electrons. The maximum atomic E-state index is 12.6. The largest absolute Gasteiger partial charge is 0.497 e. The molecule has 1 saturated heterocycles. The molecule has 0 bridgehead atoms. The summed E-state index contributed by atoms with van der Waals surface area (Å²) in [5.74, 6) is 0.0313. The molecule has 3 rings (SSSR count). The maximum Gasteiger partial charge on any atom is 0.310 e. The number of methoxy groups -OCH3 is 1. The van der Waals surface area contributed by atoms with Gasteiger partial charge in [-0.1, -0.05) is 42.5 Å². The van der Waals surface area contributed by atoms with Crippen LogP contribution >= 0.6 is 0 Å². The number of carbonyl (C=O) groups excluding carboxylic acids is 1. The number of aliphatic carboxylic acids is 1. The minimum Gasteiger partial charge on any atom is -0.497 e. The number of hydrogen-bond acceptors (Lipinski definition) is 3. The molecule has 1 aliphatic rings. The SMILES string of the molecule is COc1ccc(CC(=O)N2CCC(Cc3ccccc3)(C(=O)O)CC2)cc1. The van der Waals surface area contributed by atoms with E-state index in [0.717, 1.165) is 16.9 Å². The zero-order chi connectivity index (χ0) is 19.3. The number of rotatable bonds is 6. The van der Waals surface area contributed by atoms with E-state index in [4.69, 9.17) is 4.74 Å². The molecule has 1 N–H and O–H groups in total. The van der Waals surface area contributed by atoms with Gasteiger partial charge in [-0.15, -0.1) is 0 Å². The fourth-order valence-electron chi connectivity index (χ4n) is 3.67. The Labute approximate surface area is 159 Å². The molecular weight excluding hydrogens is 342 g/mol. The van der Waals surface area contributed by atoms with Gasteiger partial charge in [0.25, 0.3) is 0 Å². The monoisotopic (exact) mass is 367 g/mol. The highest BCUT2D eigenvalue weighted by Gasteiger charge is 2.42. The fourth-order valence-corrected chi connectivity index (χ4v) is 3.67. The second-order valence-electron chi connectivity index (χ2n) is 7.15. The first kappa shape index (κ1) is 19.0. The predicted octanol–water partition coefficient (Wildman–Crippen LogP) is 3.17. The number of carbonyl (C=O) groups is 2. The molecule has 1 fully saturated rings. The molecule has 1 amide bonds. The Bertz CT molecular complexity index is 778. The van der Waals surface area contributed by atoms with Crippen molar-refractivity contribution in [2.45, 2.75) is 25.7 Å². The zero-order valence-electron chi connectivity index (χ0n) is 15.6. The van der Waals surface area contributed by atoms with Crippen LogP contribution in [-0.4, -0.2) is 42.1 Å². The van der Waals surface area contributed by atoms with E-state index in [1.54, 1.807) is 12.0 Å². The maximum absolute atomic E-state index is 12.6. The van der Waals surface area contributed by atoms with Crippen LogP contribution in [0.25, 0.3) is 0 Å². The number of piperidine rings is 1. The van der Waals surface area contributed by atoms with Crippen molar-refractivity contribution in [3.63, 3.8) is 0 Å². The Morgan fingerprint density at radius 3 is 2.19 bits per heavy atom. The zero-order valence-corrected chi connectivity index (χ0v) is 15.6. The Morgan fingerprint density at radius 2 is 1.63 bits per heavy atom. The van der Waals surface area contributed by atoms with Crippen LogP contribution in [0.4, 0.5) is 0 Å². The molecular formula is C22H25NO4. The Kier molecular flexibility index (Phi) is 5.79. The van der Waals surface area contributed by atoms with Crippen molar-refractivity contribution < 1.29 is 19.4 Å². The van der Waals surface area contributed by atoms with E-state index in [1.165, 1.54) is 0 Å². The van der Waals surface area contributed by atoms with Gasteiger partial charge in [-0.25, -0.2) is 0 Å². The van der Waals surface area contributed by atoms with Crippen LogP contribution in [0.1, 0.15) is 24.0 Å². The summed E-state index contributed by atoms with van der Waals surface area (Å²) >= 11 is 0. The number of benzene rings is 2. The van der Waals surface area contributed by atoms with Crippen LogP contribution in [0.5, 0.6) is 5.75 Å². The second-order valence-corrected chi connectivity index (χ2v) is 7.15. The van der Waals surface area contributed by atoms with Crippen LogP contribution in [0.2, 0.25) is 0 Å². The van der Waals surface area contributed by atoms with E-state index in [2.05, 4.69) is 0 Å². The summed E-state index contributed by atoms with van der Waals surface area (Å²) < 4.78 is 5.13. The number of carboxylic acid groups (broad SMARTS) is 1. The van der Waals surface area contributed by atoms with Gasteiger partial charge >= 0.3 is 5.97 Å². The molecule has 1 heterocycles. The van der Waals surface area contributed by atoms with Gasteiger partial charge in [0.15, 0.2) is 0 Å². The summed E-state index contributed by atoms with van der Waals surface area (Å²) in [5, 5.41) is 9.84. The molecule has 2 aromatic carbocycles. The topological polar surface area (TPSA) is 66.8 Å². The van der Waals surface area contributed by atoms with E-state index in [-0.39, 0.29) is 5.91 Å². The molecule has 0 atom stereocenters. The van der Waals surface area contributed by atoms with Crippen molar-refractivity contribution >= 4 is 11.9 Å². The van der Waals surface area contributed by atoms with Gasteiger partial charge in [-0.3, -0.25) is 9.59 Å². The lowest BCUT2D eigenvalue weighted by Gasteiger charge is -2.39. The van der Waals surface area contributed by atoms with E-state index in [1.807, 2.05) is 54.6 Å². The molecule has 5 nitrogen and oxygen atoms in total. The van der Waals surface area contributed by atoms with Gasteiger partial charge in [0, 0.05) is 13.1 Å². The molecule has 27 heavy (non-hydrogen) atoms. The molecule has 0 radical (unpaired) electrons. The molecule has 0 aromatic heterocycles. The molecule has 0 aliphatic carbocycles. The van der Waals surface area contributed by atoms with Crippen molar-refractivity contribution in [2.75, 3.05) is 20.2 Å². The van der Waals surface area contributed by atoms with Gasteiger partial charge in [-0.05, 0) is 42.5 Å². The Balaban J connectivity index is 1.61. The average molecular weight is 367 g/mol. The third-order valence-corrected chi connectivity index (χ3v) is 5.43. The van der Waals surface area contributed by atoms with Crippen LogP contribution in [-0.2, 0) is 22.4 Å². The summed E-state index contributed by atoms with van der Waals surface area (Å²) in [6.07, 6.45) is 1.78. The van der Waals surface area contributed by atoms with E-state index >= 15 is 0 Å². The van der Waals surface area contributed by atoms with E-state index in [9.17, 15) is 14.7 Å². The minimum absolute atomic E-state index is 0.0406. The lowest BCUT2D eigenvalue weighted by molar-refractivity contribution is -0.154. The molecule has 0 unspecified atom stereocenters. The highest BCUT2D eigenvalue weighted by atomic mass is 16.5. The van der Waals surface area contributed by atoms with Gasteiger partial charge in [-0.2, -0.15) is 0 Å². The standard InChI is InChI=1S/C22H25NO4/c1-27-19-9-7-17(8-10-19)15-20(24)23-13-11-22(12-14-23,21(25)26)16-18-5-3-2-4-6-18/h2-10H,11-16H2,1H3,(H,25,26). The average Bonchev–Trinajstić information content (AvgIpc) is 2.69. The number of hydrogen-bond donors (Lipinski definition) is 1. The summed E-state index contributed by atoms with van der Waals surface area (Å²) in [4.78, 5) is 26.4. The predicted molar refractivity (Wildman–Crippen MR) is 103 cm³/mol. The van der Waals surface area contributed by atoms with Gasteiger partial charge < -0.3 is 14.7 Å². The Hall–Kier alpha value is -2.82. The Morgan fingerprint density at radius 1 is 1.00 bits per heavy atom. The first-order valence-electron chi connectivity index (χ1n) is 9.20. The third-order valence-electron chi connectivity index (χ3n) is 5.43. The van der Waals surface area contributed by atoms with Gasteiger partial charge in [0.1, 0.15) is 5.75 Å². The van der Waals surface area contributed by atoms with Crippen molar-refractivity contribution in [3.8, 4) is 5.75 Å². The summed E-state index contributed by atoms with van der Waals surface area (Å²) in [6, 6.07) is 17.2. The molecule has 5 heteroatoms. The number of likely N-dealkylation sites (tertiary alicyclic amines) is 1. The first-order valence-corrected chi connectivity index (χ1v) is 9.20. The van der Waals surface area contributed by atoms with Crippen molar-refractivity contribution in [2.24, 2.45) is 5.41 Å². The van der Waals surface area contributed by atoms with Crippen LogP contribution in [0.15, 0.2) is 54.6 Å². The van der Waals surface area contributed by atoms with E-state index in [0.29, 0.717) is 38.8 Å². The van der Waals surface area contributed by atoms with Crippen LogP contribution in [0.3, 0.4) is 0 Å². The first-order chi connectivity index (χ1) is 13.0. The second kappa shape index (κ2) is 8.25. The third kappa shape index (κ3) is 4.48.